The summed E-state index contributed by atoms with van der Waals surface area (Å²) in [4.78, 5) is 31.1. The molecule has 0 aromatic carbocycles. The number of carbonyl (C=O) groups excluding carboxylic acids is 1. The molecule has 0 aliphatic rings. The predicted molar refractivity (Wildman–Crippen MR) is 86.9 cm³/mol. The molecule has 0 atom stereocenters. The van der Waals surface area contributed by atoms with Crippen LogP contribution in [0.15, 0.2) is 30.7 Å². The Bertz CT molecular complexity index is 786. The van der Waals surface area contributed by atoms with Crippen LogP contribution < -0.4 is 4.74 Å². The molecule has 0 spiro atoms. The quantitative estimate of drug-likeness (QED) is 0.813. The average Bonchev–Trinajstić information content (AvgIpc) is 2.60. The largest absolute Gasteiger partial charge is 0.495 e. The smallest absolute Gasteiger partial charge is 0.339 e. The van der Waals surface area contributed by atoms with Crippen LogP contribution in [0.25, 0.3) is 12.2 Å². The van der Waals surface area contributed by atoms with Gasteiger partial charge in [0.25, 0.3) is 0 Å². The Kier molecular flexibility index (Phi) is 5.62. The summed E-state index contributed by atoms with van der Waals surface area (Å²) in [5, 5.41) is 9.32. The van der Waals surface area contributed by atoms with E-state index in [9.17, 15) is 14.7 Å². The van der Waals surface area contributed by atoms with Crippen molar-refractivity contribution in [3.8, 4) is 5.75 Å². The summed E-state index contributed by atoms with van der Waals surface area (Å²) in [6.45, 7) is 1.87. The first kappa shape index (κ1) is 17.1. The van der Waals surface area contributed by atoms with Crippen molar-refractivity contribution >= 4 is 24.1 Å². The van der Waals surface area contributed by atoms with Crippen molar-refractivity contribution in [1.29, 1.82) is 0 Å². The van der Waals surface area contributed by atoms with Crippen LogP contribution in [0.2, 0.25) is 0 Å². The minimum absolute atomic E-state index is 0.0901. The minimum atomic E-state index is -1.18. The van der Waals surface area contributed by atoms with E-state index in [0.29, 0.717) is 5.75 Å². The summed E-state index contributed by atoms with van der Waals surface area (Å²) < 4.78 is 9.92. The number of carboxylic acid groups (broad SMARTS) is 1. The van der Waals surface area contributed by atoms with E-state index in [4.69, 9.17) is 9.47 Å². The van der Waals surface area contributed by atoms with E-state index in [1.165, 1.54) is 25.4 Å². The fraction of sp³-hybridized carbons (Fsp3) is 0.176. The molecule has 2 aromatic heterocycles. The highest BCUT2D eigenvalue weighted by Gasteiger charge is 2.15. The van der Waals surface area contributed by atoms with Crippen molar-refractivity contribution < 1.29 is 24.2 Å². The number of carbonyl (C=O) groups is 2. The molecule has 0 saturated carbocycles. The van der Waals surface area contributed by atoms with Crippen molar-refractivity contribution in [3.05, 3.63) is 53.1 Å². The highest BCUT2D eigenvalue weighted by Crippen LogP contribution is 2.16. The third-order valence-corrected chi connectivity index (χ3v) is 3.06. The molecular weight excluding hydrogens is 312 g/mol. The zero-order valence-corrected chi connectivity index (χ0v) is 13.2. The average molecular weight is 328 g/mol. The van der Waals surface area contributed by atoms with E-state index in [1.807, 2.05) is 0 Å². The molecule has 0 unspecified atom stereocenters. The summed E-state index contributed by atoms with van der Waals surface area (Å²) in [5.41, 5.74) is 0.947. The fourth-order valence-electron chi connectivity index (χ4n) is 1.92. The molecule has 0 bridgehead atoms. The lowest BCUT2D eigenvalue weighted by atomic mass is 10.1. The van der Waals surface area contributed by atoms with Gasteiger partial charge in [-0.3, -0.25) is 9.97 Å². The van der Waals surface area contributed by atoms with Gasteiger partial charge in [0.1, 0.15) is 5.75 Å². The van der Waals surface area contributed by atoms with Gasteiger partial charge in [-0.1, -0.05) is 6.08 Å². The topological polar surface area (TPSA) is 98.6 Å². The molecule has 24 heavy (non-hydrogen) atoms. The maximum Gasteiger partial charge on any atom is 0.339 e. The molecule has 0 radical (unpaired) electrons. The van der Waals surface area contributed by atoms with Gasteiger partial charge in [-0.05, 0) is 30.7 Å². The molecule has 0 amide bonds. The number of aromatic nitrogens is 2. The molecular formula is C17H16N2O5. The van der Waals surface area contributed by atoms with Gasteiger partial charge in [0.15, 0.2) is 0 Å². The van der Waals surface area contributed by atoms with E-state index in [2.05, 4.69) is 9.97 Å². The lowest BCUT2D eigenvalue weighted by Crippen LogP contribution is -2.09. The lowest BCUT2D eigenvalue weighted by Gasteiger charge is -2.05. The van der Waals surface area contributed by atoms with Gasteiger partial charge in [-0.2, -0.15) is 0 Å². The van der Waals surface area contributed by atoms with Gasteiger partial charge in [-0.15, -0.1) is 0 Å². The molecule has 7 nitrogen and oxygen atoms in total. The molecule has 124 valence electrons. The van der Waals surface area contributed by atoms with Gasteiger partial charge in [0, 0.05) is 12.4 Å². The summed E-state index contributed by atoms with van der Waals surface area (Å²) in [6, 6.07) is 2.99. The van der Waals surface area contributed by atoms with Crippen LogP contribution in [-0.2, 0) is 4.74 Å². The van der Waals surface area contributed by atoms with Crippen LogP contribution in [0, 0.1) is 0 Å². The van der Waals surface area contributed by atoms with Crippen LogP contribution in [-0.4, -0.2) is 40.7 Å². The number of hydrogen-bond acceptors (Lipinski definition) is 6. The van der Waals surface area contributed by atoms with Crippen molar-refractivity contribution in [2.75, 3.05) is 13.7 Å². The number of aromatic carboxylic acids is 1. The minimum Gasteiger partial charge on any atom is -0.495 e. The fourth-order valence-corrected chi connectivity index (χ4v) is 1.92. The first-order chi connectivity index (χ1) is 11.5. The maximum atomic E-state index is 11.7. The zero-order chi connectivity index (χ0) is 17.5. The second kappa shape index (κ2) is 7.87. The number of pyridine rings is 2. The molecule has 0 aliphatic carbocycles. The molecule has 2 aromatic rings. The zero-order valence-electron chi connectivity index (χ0n) is 13.2. The van der Waals surface area contributed by atoms with Crippen molar-refractivity contribution in [1.82, 2.24) is 9.97 Å². The molecule has 1 N–H and O–H groups in total. The van der Waals surface area contributed by atoms with Gasteiger partial charge in [0.2, 0.25) is 0 Å². The number of methoxy groups -OCH3 is 1. The first-order valence-corrected chi connectivity index (χ1v) is 7.12. The van der Waals surface area contributed by atoms with Gasteiger partial charge >= 0.3 is 11.9 Å². The number of hydrogen-bond donors (Lipinski definition) is 1. The third-order valence-electron chi connectivity index (χ3n) is 3.06. The second-order valence-electron chi connectivity index (χ2n) is 4.67. The first-order valence-electron chi connectivity index (χ1n) is 7.12. The van der Waals surface area contributed by atoms with Gasteiger partial charge < -0.3 is 14.6 Å². The van der Waals surface area contributed by atoms with Gasteiger partial charge in [0.05, 0.1) is 36.7 Å². The Morgan fingerprint density at radius 3 is 2.67 bits per heavy atom. The Morgan fingerprint density at radius 1 is 1.21 bits per heavy atom. The standard InChI is InChI=1S/C17H16N2O5/c1-3-24-17(22)12-7-14(16(20)21)15(19-9-12)5-4-11-6-13(23-2)10-18-8-11/h4-10H,3H2,1-2H3,(H,20,21)/b5-4+. The Hall–Kier alpha value is -3.22. The predicted octanol–water partition coefficient (Wildman–Crippen LogP) is 2.53. The molecule has 0 aliphatic heterocycles. The Labute approximate surface area is 138 Å². The van der Waals surface area contributed by atoms with E-state index < -0.39 is 11.9 Å². The van der Waals surface area contributed by atoms with Crippen LogP contribution in [0.3, 0.4) is 0 Å². The van der Waals surface area contributed by atoms with Crippen LogP contribution in [0.4, 0.5) is 0 Å². The van der Waals surface area contributed by atoms with Crippen molar-refractivity contribution in [3.63, 3.8) is 0 Å². The molecule has 7 heteroatoms. The Morgan fingerprint density at radius 2 is 2.00 bits per heavy atom. The number of esters is 1. The highest BCUT2D eigenvalue weighted by molar-refractivity contribution is 5.97. The molecule has 2 rings (SSSR count). The number of rotatable bonds is 6. The number of carboxylic acids is 1. The summed E-state index contributed by atoms with van der Waals surface area (Å²) in [7, 11) is 1.53. The SMILES string of the molecule is CCOC(=O)c1cnc(/C=C/c2cncc(OC)c2)c(C(=O)O)c1. The van der Waals surface area contributed by atoms with Crippen molar-refractivity contribution in [2.45, 2.75) is 6.92 Å². The summed E-state index contributed by atoms with van der Waals surface area (Å²) in [5.74, 6) is -1.21. The van der Waals surface area contributed by atoms with Crippen LogP contribution in [0.5, 0.6) is 5.75 Å². The third kappa shape index (κ3) is 4.16. The normalized spacial score (nSPS) is 10.6. The number of ether oxygens (including phenoxy) is 2. The summed E-state index contributed by atoms with van der Waals surface area (Å²) in [6.07, 6.45) is 7.65. The number of nitrogens with zero attached hydrogens (tertiary/aromatic N) is 2. The maximum absolute atomic E-state index is 11.7. The molecule has 0 fully saturated rings. The van der Waals surface area contributed by atoms with E-state index in [1.54, 1.807) is 31.5 Å². The second-order valence-corrected chi connectivity index (χ2v) is 4.67. The van der Waals surface area contributed by atoms with Crippen LogP contribution in [0.1, 0.15) is 38.9 Å². The lowest BCUT2D eigenvalue weighted by molar-refractivity contribution is 0.0526. The summed E-state index contributed by atoms with van der Waals surface area (Å²) >= 11 is 0. The monoisotopic (exact) mass is 328 g/mol. The molecule has 2 heterocycles. The molecule has 0 saturated heterocycles. The van der Waals surface area contributed by atoms with E-state index >= 15 is 0 Å². The Balaban J connectivity index is 2.33. The van der Waals surface area contributed by atoms with Gasteiger partial charge in [-0.25, -0.2) is 9.59 Å². The van der Waals surface area contributed by atoms with Crippen molar-refractivity contribution in [2.24, 2.45) is 0 Å². The van der Waals surface area contributed by atoms with E-state index in [-0.39, 0.29) is 23.4 Å². The highest BCUT2D eigenvalue weighted by atomic mass is 16.5. The van der Waals surface area contributed by atoms with Crippen LogP contribution >= 0.6 is 0 Å². The van der Waals surface area contributed by atoms with E-state index in [0.717, 1.165) is 5.56 Å².